The van der Waals surface area contributed by atoms with Crippen molar-refractivity contribution in [1.82, 2.24) is 20.2 Å². The van der Waals surface area contributed by atoms with Gasteiger partial charge in [-0.2, -0.15) is 0 Å². The Labute approximate surface area is 159 Å². The van der Waals surface area contributed by atoms with E-state index in [-0.39, 0.29) is 0 Å². The van der Waals surface area contributed by atoms with Gasteiger partial charge in [-0.3, -0.25) is 5.32 Å². The van der Waals surface area contributed by atoms with E-state index in [2.05, 4.69) is 20.8 Å². The minimum absolute atomic E-state index is 0.474. The molecule has 0 radical (unpaired) electrons. The highest BCUT2D eigenvalue weighted by atomic mass is 32.1. The second kappa shape index (κ2) is 7.38. The van der Waals surface area contributed by atoms with E-state index in [1.165, 1.54) is 0 Å². The van der Waals surface area contributed by atoms with Crippen molar-refractivity contribution in [3.05, 3.63) is 66.0 Å². The number of nitrogens with one attached hydrogen (secondary N) is 1. The summed E-state index contributed by atoms with van der Waals surface area (Å²) in [5.41, 5.74) is 2.35. The first-order valence-electron chi connectivity index (χ1n) is 8.14. The fourth-order valence-corrected chi connectivity index (χ4v) is 3.34. The Kier molecular flexibility index (Phi) is 4.63. The van der Waals surface area contributed by atoms with Crippen LogP contribution in [0, 0.1) is 0 Å². The molecule has 7 nitrogen and oxygen atoms in total. The van der Waals surface area contributed by atoms with Crippen molar-refractivity contribution < 1.29 is 9.53 Å². The van der Waals surface area contributed by atoms with Crippen LogP contribution in [0.15, 0.2) is 66.0 Å². The number of carbonyl (C=O) groups is 1. The van der Waals surface area contributed by atoms with Gasteiger partial charge in [0, 0.05) is 23.2 Å². The average molecular weight is 377 g/mol. The molecule has 0 bridgehead atoms. The lowest BCUT2D eigenvalue weighted by atomic mass is 10.1. The molecule has 1 N–H and O–H groups in total. The zero-order chi connectivity index (χ0) is 18.6. The molecule has 2 heterocycles. The minimum Gasteiger partial charge on any atom is -0.410 e. The van der Waals surface area contributed by atoms with Gasteiger partial charge >= 0.3 is 6.09 Å². The van der Waals surface area contributed by atoms with Crippen LogP contribution in [0.2, 0.25) is 0 Å². The standard InChI is InChI=1S/C19H15N5O2S/c1-24-18(21-22-23-24)14-10-13(17-8-5-9-27-17)11-15(12-14)20-19(25)26-16-6-3-2-4-7-16/h2-12H,1H3,(H,20,25). The lowest BCUT2D eigenvalue weighted by Gasteiger charge is -2.10. The first kappa shape index (κ1) is 16.9. The predicted octanol–water partition coefficient (Wildman–Crippen LogP) is 4.22. The fraction of sp³-hybridized carbons (Fsp3) is 0.0526. The Morgan fingerprint density at radius 1 is 1.07 bits per heavy atom. The smallest absolute Gasteiger partial charge is 0.410 e. The van der Waals surface area contributed by atoms with Crippen LogP contribution >= 0.6 is 11.3 Å². The third-order valence-electron chi connectivity index (χ3n) is 3.82. The Bertz CT molecular complexity index is 1060. The molecule has 0 aliphatic heterocycles. The molecule has 0 atom stereocenters. The number of amides is 1. The van der Waals surface area contributed by atoms with Crippen molar-refractivity contribution in [3.8, 4) is 27.6 Å². The number of ether oxygens (including phenoxy) is 1. The molecule has 4 rings (SSSR count). The number of thiophene rings is 1. The molecule has 8 heteroatoms. The van der Waals surface area contributed by atoms with Crippen LogP contribution in [-0.2, 0) is 7.05 Å². The zero-order valence-electron chi connectivity index (χ0n) is 14.4. The van der Waals surface area contributed by atoms with Gasteiger partial charge in [-0.1, -0.05) is 24.3 Å². The van der Waals surface area contributed by atoms with E-state index in [4.69, 9.17) is 4.74 Å². The zero-order valence-corrected chi connectivity index (χ0v) is 15.2. The molecule has 2 aromatic carbocycles. The van der Waals surface area contributed by atoms with Crippen molar-refractivity contribution in [1.29, 1.82) is 0 Å². The number of rotatable bonds is 4. The second-order valence-electron chi connectivity index (χ2n) is 5.73. The Morgan fingerprint density at radius 3 is 2.59 bits per heavy atom. The molecule has 0 aliphatic rings. The Morgan fingerprint density at radius 2 is 1.89 bits per heavy atom. The summed E-state index contributed by atoms with van der Waals surface area (Å²) in [6, 6.07) is 18.6. The first-order chi connectivity index (χ1) is 13.2. The molecule has 1 amide bonds. The summed E-state index contributed by atoms with van der Waals surface area (Å²) in [4.78, 5) is 13.3. The molecule has 0 saturated heterocycles. The average Bonchev–Trinajstić information content (AvgIpc) is 3.34. The van der Waals surface area contributed by atoms with Crippen LogP contribution in [0.1, 0.15) is 0 Å². The third kappa shape index (κ3) is 3.85. The Hall–Kier alpha value is -3.52. The van der Waals surface area contributed by atoms with Gasteiger partial charge in [-0.25, -0.2) is 9.48 Å². The number of tetrazole rings is 1. The van der Waals surface area contributed by atoms with Crippen molar-refractivity contribution in [2.75, 3.05) is 5.32 Å². The Balaban J connectivity index is 1.66. The molecule has 134 valence electrons. The number of nitrogens with zero attached hydrogens (tertiary/aromatic N) is 4. The van der Waals surface area contributed by atoms with Gasteiger partial charge in [0.2, 0.25) is 0 Å². The lowest BCUT2D eigenvalue weighted by Crippen LogP contribution is -2.16. The number of anilines is 1. The number of hydrogen-bond donors (Lipinski definition) is 1. The number of para-hydroxylation sites is 1. The summed E-state index contributed by atoms with van der Waals surface area (Å²) in [7, 11) is 1.77. The molecule has 0 spiro atoms. The monoisotopic (exact) mass is 377 g/mol. The second-order valence-corrected chi connectivity index (χ2v) is 6.68. The third-order valence-corrected chi connectivity index (χ3v) is 4.74. The largest absolute Gasteiger partial charge is 0.417 e. The van der Waals surface area contributed by atoms with Crippen LogP contribution in [0.4, 0.5) is 10.5 Å². The van der Waals surface area contributed by atoms with E-state index < -0.39 is 6.09 Å². The molecule has 0 unspecified atom stereocenters. The van der Waals surface area contributed by atoms with Gasteiger partial charge in [0.1, 0.15) is 5.75 Å². The molecule has 2 aromatic heterocycles. The van der Waals surface area contributed by atoms with Crippen molar-refractivity contribution in [2.45, 2.75) is 0 Å². The van der Waals surface area contributed by atoms with Gasteiger partial charge < -0.3 is 4.74 Å². The van der Waals surface area contributed by atoms with Crippen LogP contribution in [-0.4, -0.2) is 26.3 Å². The van der Waals surface area contributed by atoms with E-state index in [1.54, 1.807) is 47.3 Å². The summed E-state index contributed by atoms with van der Waals surface area (Å²) >= 11 is 1.61. The number of aromatic nitrogens is 4. The maximum absolute atomic E-state index is 12.3. The maximum atomic E-state index is 12.3. The lowest BCUT2D eigenvalue weighted by molar-refractivity contribution is 0.215. The first-order valence-corrected chi connectivity index (χ1v) is 9.02. The molecular formula is C19H15N5O2S. The molecule has 0 aliphatic carbocycles. The quantitative estimate of drug-likeness (QED) is 0.576. The fourth-order valence-electron chi connectivity index (χ4n) is 2.63. The van der Waals surface area contributed by atoms with Crippen molar-refractivity contribution in [2.24, 2.45) is 7.05 Å². The highest BCUT2D eigenvalue weighted by molar-refractivity contribution is 7.13. The van der Waals surface area contributed by atoms with E-state index in [0.29, 0.717) is 17.3 Å². The van der Waals surface area contributed by atoms with Gasteiger partial charge in [0.15, 0.2) is 5.82 Å². The topological polar surface area (TPSA) is 81.9 Å². The van der Waals surface area contributed by atoms with Gasteiger partial charge in [-0.05, 0) is 57.8 Å². The number of aryl methyl sites for hydroxylation is 1. The molecule has 27 heavy (non-hydrogen) atoms. The van der Waals surface area contributed by atoms with Crippen LogP contribution in [0.3, 0.4) is 0 Å². The van der Waals surface area contributed by atoms with Crippen LogP contribution < -0.4 is 10.1 Å². The molecule has 0 fully saturated rings. The van der Waals surface area contributed by atoms with Gasteiger partial charge in [0.05, 0.1) is 0 Å². The predicted molar refractivity (Wildman–Crippen MR) is 104 cm³/mol. The normalized spacial score (nSPS) is 10.6. The van der Waals surface area contributed by atoms with Crippen molar-refractivity contribution in [3.63, 3.8) is 0 Å². The highest BCUT2D eigenvalue weighted by Gasteiger charge is 2.13. The van der Waals surface area contributed by atoms with Gasteiger partial charge in [-0.15, -0.1) is 16.4 Å². The maximum Gasteiger partial charge on any atom is 0.417 e. The summed E-state index contributed by atoms with van der Waals surface area (Å²) in [6.45, 7) is 0. The van der Waals surface area contributed by atoms with E-state index in [1.807, 2.05) is 41.8 Å². The van der Waals surface area contributed by atoms with Gasteiger partial charge in [0.25, 0.3) is 0 Å². The number of hydrogen-bond acceptors (Lipinski definition) is 6. The SMILES string of the molecule is Cn1nnnc1-c1cc(NC(=O)Oc2ccccc2)cc(-c2cccs2)c1. The molecular weight excluding hydrogens is 362 g/mol. The number of carbonyl (C=O) groups excluding carboxylic acids is 1. The van der Waals surface area contributed by atoms with Crippen LogP contribution in [0.5, 0.6) is 5.75 Å². The van der Waals surface area contributed by atoms with Crippen LogP contribution in [0.25, 0.3) is 21.8 Å². The molecule has 4 aromatic rings. The summed E-state index contributed by atoms with van der Waals surface area (Å²) in [6.07, 6.45) is -0.563. The molecule has 0 saturated carbocycles. The van der Waals surface area contributed by atoms with Crippen molar-refractivity contribution >= 4 is 23.1 Å². The highest BCUT2D eigenvalue weighted by Crippen LogP contribution is 2.31. The van der Waals surface area contributed by atoms with E-state index in [0.717, 1.165) is 16.0 Å². The summed E-state index contributed by atoms with van der Waals surface area (Å²) in [5, 5.41) is 16.4. The number of benzene rings is 2. The van der Waals surface area contributed by atoms with E-state index in [9.17, 15) is 4.79 Å². The summed E-state index contributed by atoms with van der Waals surface area (Å²) < 4.78 is 6.89. The van der Waals surface area contributed by atoms with E-state index >= 15 is 0 Å². The minimum atomic E-state index is -0.563. The summed E-state index contributed by atoms with van der Waals surface area (Å²) in [5.74, 6) is 1.08.